The van der Waals surface area contributed by atoms with Crippen molar-refractivity contribution in [2.24, 2.45) is 5.92 Å². The van der Waals surface area contributed by atoms with Gasteiger partial charge in [0.05, 0.1) is 0 Å². The predicted molar refractivity (Wildman–Crippen MR) is 65.3 cm³/mol. The second-order valence-electron chi connectivity index (χ2n) is 4.95. The molecule has 3 rings (SSSR count). The van der Waals surface area contributed by atoms with Crippen LogP contribution in [0.4, 0.5) is 0 Å². The summed E-state index contributed by atoms with van der Waals surface area (Å²) >= 11 is 1.95. The van der Waals surface area contributed by atoms with Gasteiger partial charge in [0.25, 0.3) is 0 Å². The van der Waals surface area contributed by atoms with Crippen LogP contribution in [0.1, 0.15) is 48.6 Å². The van der Waals surface area contributed by atoms with E-state index in [1.807, 2.05) is 11.3 Å². The van der Waals surface area contributed by atoms with Crippen molar-refractivity contribution in [3.8, 4) is 0 Å². The highest BCUT2D eigenvalue weighted by atomic mass is 32.1. The highest BCUT2D eigenvalue weighted by Crippen LogP contribution is 2.37. The molecular formula is C13H19NS. The van der Waals surface area contributed by atoms with E-state index in [1.54, 1.807) is 10.4 Å². The van der Waals surface area contributed by atoms with Crippen molar-refractivity contribution in [3.05, 3.63) is 21.9 Å². The van der Waals surface area contributed by atoms with Gasteiger partial charge >= 0.3 is 0 Å². The van der Waals surface area contributed by atoms with E-state index in [-0.39, 0.29) is 0 Å². The van der Waals surface area contributed by atoms with Crippen molar-refractivity contribution in [2.75, 3.05) is 6.54 Å². The Labute approximate surface area is 95.9 Å². The SMILES string of the molecule is c1cc2c(s1)C(CC1CCCC1)NCC2. The molecule has 1 atom stereocenters. The van der Waals surface area contributed by atoms with Gasteiger partial charge in [0.2, 0.25) is 0 Å². The van der Waals surface area contributed by atoms with Gasteiger partial charge < -0.3 is 5.32 Å². The summed E-state index contributed by atoms with van der Waals surface area (Å²) in [6, 6.07) is 3.00. The fourth-order valence-electron chi connectivity index (χ4n) is 3.10. The van der Waals surface area contributed by atoms with Crippen molar-refractivity contribution >= 4 is 11.3 Å². The van der Waals surface area contributed by atoms with Crippen LogP contribution >= 0.6 is 11.3 Å². The van der Waals surface area contributed by atoms with Gasteiger partial charge in [-0.1, -0.05) is 25.7 Å². The minimum atomic E-state index is 0.678. The Balaban J connectivity index is 1.72. The fraction of sp³-hybridized carbons (Fsp3) is 0.692. The second-order valence-corrected chi connectivity index (χ2v) is 5.90. The molecule has 1 aromatic heterocycles. The van der Waals surface area contributed by atoms with Crippen LogP contribution in [-0.4, -0.2) is 6.54 Å². The van der Waals surface area contributed by atoms with Gasteiger partial charge in [0, 0.05) is 10.9 Å². The van der Waals surface area contributed by atoms with Crippen molar-refractivity contribution in [1.82, 2.24) is 5.32 Å². The van der Waals surface area contributed by atoms with Crippen molar-refractivity contribution in [1.29, 1.82) is 0 Å². The zero-order chi connectivity index (χ0) is 10.1. The summed E-state index contributed by atoms with van der Waals surface area (Å²) in [5.41, 5.74) is 1.61. The summed E-state index contributed by atoms with van der Waals surface area (Å²) in [6.45, 7) is 1.18. The molecule has 2 heteroatoms. The molecule has 0 aromatic carbocycles. The summed E-state index contributed by atoms with van der Waals surface area (Å²) in [5.74, 6) is 0.996. The summed E-state index contributed by atoms with van der Waals surface area (Å²) in [4.78, 5) is 1.63. The third-order valence-electron chi connectivity index (χ3n) is 3.93. The average Bonchev–Trinajstić information content (AvgIpc) is 2.87. The number of rotatable bonds is 2. The van der Waals surface area contributed by atoms with E-state index in [2.05, 4.69) is 16.8 Å². The molecule has 1 nitrogen and oxygen atoms in total. The lowest BCUT2D eigenvalue weighted by Gasteiger charge is -2.26. The first kappa shape index (κ1) is 9.86. The lowest BCUT2D eigenvalue weighted by molar-refractivity contribution is 0.388. The Morgan fingerprint density at radius 2 is 2.20 bits per heavy atom. The fourth-order valence-corrected chi connectivity index (χ4v) is 4.15. The molecule has 15 heavy (non-hydrogen) atoms. The summed E-state index contributed by atoms with van der Waals surface area (Å²) in [5, 5.41) is 5.96. The quantitative estimate of drug-likeness (QED) is 0.806. The van der Waals surface area contributed by atoms with Crippen LogP contribution in [0.5, 0.6) is 0 Å². The van der Waals surface area contributed by atoms with Crippen LogP contribution < -0.4 is 5.32 Å². The number of fused-ring (bicyclic) bond motifs is 1. The minimum Gasteiger partial charge on any atom is -0.309 e. The van der Waals surface area contributed by atoms with E-state index in [9.17, 15) is 0 Å². The molecule has 0 radical (unpaired) electrons. The molecule has 0 bridgehead atoms. The predicted octanol–water partition coefficient (Wildman–Crippen LogP) is 3.52. The van der Waals surface area contributed by atoms with Crippen LogP contribution in [0, 0.1) is 5.92 Å². The lowest BCUT2D eigenvalue weighted by Crippen LogP contribution is -2.29. The zero-order valence-corrected chi connectivity index (χ0v) is 9.98. The van der Waals surface area contributed by atoms with E-state index in [0.29, 0.717) is 6.04 Å². The molecule has 0 spiro atoms. The van der Waals surface area contributed by atoms with E-state index < -0.39 is 0 Å². The van der Waals surface area contributed by atoms with Crippen LogP contribution in [0.3, 0.4) is 0 Å². The smallest absolute Gasteiger partial charge is 0.0420 e. The molecule has 1 saturated carbocycles. The summed E-state index contributed by atoms with van der Waals surface area (Å²) < 4.78 is 0. The van der Waals surface area contributed by atoms with E-state index >= 15 is 0 Å². The lowest BCUT2D eigenvalue weighted by atomic mass is 9.93. The van der Waals surface area contributed by atoms with Crippen molar-refractivity contribution in [3.63, 3.8) is 0 Å². The van der Waals surface area contributed by atoms with Crippen molar-refractivity contribution in [2.45, 2.75) is 44.6 Å². The topological polar surface area (TPSA) is 12.0 Å². The van der Waals surface area contributed by atoms with Gasteiger partial charge in [0.15, 0.2) is 0 Å². The molecule has 2 heterocycles. The van der Waals surface area contributed by atoms with Gasteiger partial charge in [-0.2, -0.15) is 0 Å². The normalized spacial score (nSPS) is 26.8. The van der Waals surface area contributed by atoms with Gasteiger partial charge in [-0.05, 0) is 42.3 Å². The van der Waals surface area contributed by atoms with Gasteiger partial charge in [-0.25, -0.2) is 0 Å². The third kappa shape index (κ3) is 1.98. The highest BCUT2D eigenvalue weighted by Gasteiger charge is 2.25. The van der Waals surface area contributed by atoms with E-state index in [4.69, 9.17) is 0 Å². The van der Waals surface area contributed by atoms with Gasteiger partial charge in [-0.3, -0.25) is 0 Å². The molecule has 1 unspecified atom stereocenters. The standard InChI is InChI=1S/C13H19NS/c1-2-4-10(3-1)9-12-13-11(5-7-14-12)6-8-15-13/h6,8,10,12,14H,1-5,7,9H2. The first-order valence-corrected chi connectivity index (χ1v) is 7.11. The Bertz CT molecular complexity index is 325. The number of nitrogens with one attached hydrogen (secondary N) is 1. The highest BCUT2D eigenvalue weighted by molar-refractivity contribution is 7.10. The Kier molecular flexibility index (Phi) is 2.80. The van der Waals surface area contributed by atoms with E-state index in [1.165, 1.54) is 45.1 Å². The van der Waals surface area contributed by atoms with Crippen LogP contribution in [-0.2, 0) is 6.42 Å². The molecule has 1 N–H and O–H groups in total. The number of hydrogen-bond donors (Lipinski definition) is 1. The molecular weight excluding hydrogens is 202 g/mol. The largest absolute Gasteiger partial charge is 0.309 e. The number of hydrogen-bond acceptors (Lipinski definition) is 2. The molecule has 1 aromatic rings. The van der Waals surface area contributed by atoms with Gasteiger partial charge in [0.1, 0.15) is 0 Å². The van der Waals surface area contributed by atoms with Crippen molar-refractivity contribution < 1.29 is 0 Å². The monoisotopic (exact) mass is 221 g/mol. The molecule has 1 aliphatic heterocycles. The van der Waals surface area contributed by atoms with Crippen LogP contribution in [0.15, 0.2) is 11.4 Å². The Morgan fingerprint density at radius 3 is 3.07 bits per heavy atom. The number of thiophene rings is 1. The van der Waals surface area contributed by atoms with Gasteiger partial charge in [-0.15, -0.1) is 11.3 Å². The molecule has 2 aliphatic rings. The molecule has 0 saturated heterocycles. The molecule has 1 aliphatic carbocycles. The maximum Gasteiger partial charge on any atom is 0.0420 e. The minimum absolute atomic E-state index is 0.678. The first-order chi connectivity index (χ1) is 7.43. The molecule has 0 amide bonds. The average molecular weight is 221 g/mol. The Morgan fingerprint density at radius 1 is 1.33 bits per heavy atom. The van der Waals surface area contributed by atoms with Crippen LogP contribution in [0.25, 0.3) is 0 Å². The summed E-state index contributed by atoms with van der Waals surface area (Å²) in [7, 11) is 0. The molecule has 1 fully saturated rings. The first-order valence-electron chi connectivity index (χ1n) is 6.23. The van der Waals surface area contributed by atoms with Crippen LogP contribution in [0.2, 0.25) is 0 Å². The molecule has 82 valence electrons. The maximum absolute atomic E-state index is 3.70. The zero-order valence-electron chi connectivity index (χ0n) is 9.17. The Hall–Kier alpha value is -0.340. The second kappa shape index (κ2) is 4.26. The third-order valence-corrected chi connectivity index (χ3v) is 5.00. The maximum atomic E-state index is 3.70. The summed E-state index contributed by atoms with van der Waals surface area (Å²) in [6.07, 6.45) is 8.49. The van der Waals surface area contributed by atoms with E-state index in [0.717, 1.165) is 5.92 Å².